The van der Waals surface area contributed by atoms with E-state index in [4.69, 9.17) is 9.31 Å². The smallest absolute Gasteiger partial charge is 0.399 e. The van der Waals surface area contributed by atoms with Crippen LogP contribution in [0, 0.1) is 12.8 Å². The van der Waals surface area contributed by atoms with Crippen molar-refractivity contribution in [3.63, 3.8) is 0 Å². The van der Waals surface area contributed by atoms with Gasteiger partial charge in [-0.1, -0.05) is 6.42 Å². The molecular weight excluding hydrogens is 251 g/mol. The molecule has 1 saturated heterocycles. The van der Waals surface area contributed by atoms with E-state index in [9.17, 15) is 0 Å². The van der Waals surface area contributed by atoms with Crippen LogP contribution < -0.4 is 5.46 Å². The minimum absolute atomic E-state index is 0.291. The maximum atomic E-state index is 6.11. The topological polar surface area (TPSA) is 36.3 Å². The van der Waals surface area contributed by atoms with E-state index in [1.807, 2.05) is 6.20 Å². The van der Waals surface area contributed by atoms with Gasteiger partial charge in [0.1, 0.15) is 0 Å². The molecule has 3 rings (SSSR count). The molecule has 0 N–H and O–H groups in total. The fraction of sp³-hybridized carbons (Fsp3) is 0.800. The third-order valence-corrected chi connectivity index (χ3v) is 5.30. The molecule has 1 aromatic rings. The van der Waals surface area contributed by atoms with Crippen molar-refractivity contribution < 1.29 is 9.31 Å². The quantitative estimate of drug-likeness (QED) is 0.795. The minimum Gasteiger partial charge on any atom is -0.399 e. The van der Waals surface area contributed by atoms with E-state index in [-0.39, 0.29) is 18.3 Å². The summed E-state index contributed by atoms with van der Waals surface area (Å²) in [5.41, 5.74) is 1.67. The second kappa shape index (κ2) is 4.60. The molecule has 0 unspecified atom stereocenters. The van der Waals surface area contributed by atoms with Crippen LogP contribution in [-0.4, -0.2) is 28.1 Å². The Morgan fingerprint density at radius 2 is 1.85 bits per heavy atom. The number of hydrogen-bond donors (Lipinski definition) is 0. The Morgan fingerprint density at radius 1 is 1.25 bits per heavy atom. The summed E-state index contributed by atoms with van der Waals surface area (Å²) >= 11 is 0. The van der Waals surface area contributed by atoms with Crippen LogP contribution in [0.3, 0.4) is 0 Å². The SMILES string of the molecule is Cc1c(B2OC(C)(C)C(C)(C)O2)cnn1CC1CCC1. The lowest BCUT2D eigenvalue weighted by Crippen LogP contribution is -2.41. The molecule has 1 aliphatic heterocycles. The largest absolute Gasteiger partial charge is 0.498 e. The van der Waals surface area contributed by atoms with Crippen molar-refractivity contribution in [2.24, 2.45) is 5.92 Å². The molecule has 4 nitrogen and oxygen atoms in total. The van der Waals surface area contributed by atoms with Crippen molar-refractivity contribution >= 4 is 12.6 Å². The first-order chi connectivity index (χ1) is 9.30. The molecular formula is C15H25BN2O2. The van der Waals surface area contributed by atoms with Gasteiger partial charge in [0.05, 0.1) is 11.2 Å². The molecule has 1 saturated carbocycles. The summed E-state index contributed by atoms with van der Waals surface area (Å²) < 4.78 is 14.3. The van der Waals surface area contributed by atoms with Gasteiger partial charge in [-0.3, -0.25) is 4.68 Å². The molecule has 0 bridgehead atoms. The number of hydrogen-bond acceptors (Lipinski definition) is 3. The summed E-state index contributed by atoms with van der Waals surface area (Å²) in [6.45, 7) is 11.5. The summed E-state index contributed by atoms with van der Waals surface area (Å²) in [5.74, 6) is 0.805. The van der Waals surface area contributed by atoms with Crippen molar-refractivity contribution in [1.82, 2.24) is 9.78 Å². The van der Waals surface area contributed by atoms with Gasteiger partial charge in [0.25, 0.3) is 0 Å². The lowest BCUT2D eigenvalue weighted by Gasteiger charge is -2.32. The van der Waals surface area contributed by atoms with E-state index in [1.54, 1.807) is 0 Å². The molecule has 1 aromatic heterocycles. The Bertz CT molecular complexity index is 490. The van der Waals surface area contributed by atoms with Crippen LogP contribution in [0.25, 0.3) is 0 Å². The zero-order valence-corrected chi connectivity index (χ0v) is 13.3. The molecule has 5 heteroatoms. The summed E-state index contributed by atoms with van der Waals surface area (Å²) in [6.07, 6.45) is 5.96. The standard InChI is InChI=1S/C15H25BN2O2/c1-11-13(9-17-18(11)10-12-7-6-8-12)16-19-14(2,3)15(4,5)20-16/h9,12H,6-8,10H2,1-5H3. The van der Waals surface area contributed by atoms with Crippen LogP contribution in [0.5, 0.6) is 0 Å². The summed E-state index contributed by atoms with van der Waals surface area (Å²) in [5, 5.41) is 4.53. The second-order valence-electron chi connectivity index (χ2n) is 7.25. The average Bonchev–Trinajstić information content (AvgIpc) is 2.72. The third kappa shape index (κ3) is 2.21. The van der Waals surface area contributed by atoms with Crippen molar-refractivity contribution in [3.05, 3.63) is 11.9 Å². The van der Waals surface area contributed by atoms with Gasteiger partial charge >= 0.3 is 7.12 Å². The summed E-state index contributed by atoms with van der Waals surface area (Å²) in [6, 6.07) is 0. The summed E-state index contributed by atoms with van der Waals surface area (Å²) in [7, 11) is -0.296. The van der Waals surface area contributed by atoms with Gasteiger partial charge in [-0.2, -0.15) is 5.10 Å². The Balaban J connectivity index is 1.78. The zero-order chi connectivity index (χ0) is 14.5. The van der Waals surface area contributed by atoms with Gasteiger partial charge in [-0.25, -0.2) is 0 Å². The highest BCUT2D eigenvalue weighted by molar-refractivity contribution is 6.62. The van der Waals surface area contributed by atoms with Crippen LogP contribution >= 0.6 is 0 Å². The third-order valence-electron chi connectivity index (χ3n) is 5.30. The molecule has 20 heavy (non-hydrogen) atoms. The minimum atomic E-state index is -0.296. The van der Waals surface area contributed by atoms with E-state index >= 15 is 0 Å². The first-order valence-electron chi connectivity index (χ1n) is 7.68. The van der Waals surface area contributed by atoms with Crippen molar-refractivity contribution in [2.45, 2.75) is 71.6 Å². The molecule has 2 heterocycles. The second-order valence-corrected chi connectivity index (χ2v) is 7.25. The molecule has 0 aromatic carbocycles. The van der Waals surface area contributed by atoms with Crippen molar-refractivity contribution in [1.29, 1.82) is 0 Å². The lowest BCUT2D eigenvalue weighted by atomic mass is 9.79. The zero-order valence-electron chi connectivity index (χ0n) is 13.3. The molecule has 110 valence electrons. The van der Waals surface area contributed by atoms with Crippen molar-refractivity contribution in [3.8, 4) is 0 Å². The number of rotatable bonds is 3. The van der Waals surface area contributed by atoms with Crippen LogP contribution in [0.2, 0.25) is 0 Å². The highest BCUT2D eigenvalue weighted by Gasteiger charge is 2.52. The molecule has 2 aliphatic rings. The molecule has 2 fully saturated rings. The predicted octanol–water partition coefficient (Wildman–Crippen LogP) is 2.29. The highest BCUT2D eigenvalue weighted by atomic mass is 16.7. The molecule has 0 atom stereocenters. The Labute approximate surface area is 122 Å². The van der Waals surface area contributed by atoms with E-state index in [0.717, 1.165) is 17.9 Å². The first kappa shape index (κ1) is 14.1. The van der Waals surface area contributed by atoms with Gasteiger partial charge in [0, 0.05) is 23.9 Å². The molecule has 0 amide bonds. The Kier molecular flexibility index (Phi) is 3.25. The van der Waals surface area contributed by atoms with Gasteiger partial charge in [-0.05, 0) is 53.4 Å². The molecule has 0 spiro atoms. The van der Waals surface area contributed by atoms with Crippen LogP contribution in [0.4, 0.5) is 0 Å². The van der Waals surface area contributed by atoms with Crippen LogP contribution in [0.15, 0.2) is 6.20 Å². The normalized spacial score (nSPS) is 24.9. The van der Waals surface area contributed by atoms with E-state index < -0.39 is 0 Å². The summed E-state index contributed by atoms with van der Waals surface area (Å²) in [4.78, 5) is 0. The number of nitrogens with zero attached hydrogens (tertiary/aromatic N) is 2. The average molecular weight is 276 g/mol. The molecule has 1 aliphatic carbocycles. The van der Waals surface area contributed by atoms with E-state index in [2.05, 4.69) is 44.4 Å². The van der Waals surface area contributed by atoms with Gasteiger partial charge in [0.2, 0.25) is 0 Å². The van der Waals surface area contributed by atoms with Crippen LogP contribution in [-0.2, 0) is 15.9 Å². The van der Waals surface area contributed by atoms with E-state index in [1.165, 1.54) is 25.0 Å². The monoisotopic (exact) mass is 276 g/mol. The maximum Gasteiger partial charge on any atom is 0.498 e. The van der Waals surface area contributed by atoms with Crippen LogP contribution in [0.1, 0.15) is 52.7 Å². The van der Waals surface area contributed by atoms with Crippen molar-refractivity contribution in [2.75, 3.05) is 0 Å². The first-order valence-corrected chi connectivity index (χ1v) is 7.68. The van der Waals surface area contributed by atoms with Gasteiger partial charge in [0.15, 0.2) is 0 Å². The van der Waals surface area contributed by atoms with Gasteiger partial charge < -0.3 is 9.31 Å². The van der Waals surface area contributed by atoms with E-state index in [0.29, 0.717) is 0 Å². The Morgan fingerprint density at radius 3 is 2.35 bits per heavy atom. The van der Waals surface area contributed by atoms with Gasteiger partial charge in [-0.15, -0.1) is 0 Å². The lowest BCUT2D eigenvalue weighted by molar-refractivity contribution is 0.00578. The fourth-order valence-corrected chi connectivity index (χ4v) is 2.77. The predicted molar refractivity (Wildman–Crippen MR) is 80.0 cm³/mol. The molecule has 0 radical (unpaired) electrons. The fourth-order valence-electron chi connectivity index (χ4n) is 2.77. The Hall–Kier alpha value is -0.805. The number of aromatic nitrogens is 2. The maximum absolute atomic E-state index is 6.11. The highest BCUT2D eigenvalue weighted by Crippen LogP contribution is 2.36.